The number of amides is 2. The molecule has 4 rings (SSSR count). The minimum Gasteiger partial charge on any atom is -0.343 e. The summed E-state index contributed by atoms with van der Waals surface area (Å²) in [6.07, 6.45) is 3.33. The number of hydrogen-bond donors (Lipinski definition) is 1. The van der Waals surface area contributed by atoms with Gasteiger partial charge in [-0.25, -0.2) is 4.68 Å². The van der Waals surface area contributed by atoms with Gasteiger partial charge >= 0.3 is 0 Å². The quantitative estimate of drug-likeness (QED) is 0.805. The van der Waals surface area contributed by atoms with Crippen molar-refractivity contribution in [2.24, 2.45) is 0 Å². The number of hydrogen-bond acceptors (Lipinski definition) is 6. The lowest BCUT2D eigenvalue weighted by Gasteiger charge is -2.30. The highest BCUT2D eigenvalue weighted by Gasteiger charge is 2.35. The molecule has 2 aliphatic rings. The van der Waals surface area contributed by atoms with E-state index in [0.717, 1.165) is 37.1 Å². The normalized spacial score (nSPS) is 19.5. The van der Waals surface area contributed by atoms with E-state index in [0.29, 0.717) is 31.0 Å². The average molecular weight is 358 g/mol. The van der Waals surface area contributed by atoms with Crippen molar-refractivity contribution in [1.29, 1.82) is 0 Å². The first-order chi connectivity index (χ1) is 12.6. The molecule has 0 fully saturated rings. The van der Waals surface area contributed by atoms with Crippen molar-refractivity contribution < 1.29 is 9.59 Å². The zero-order valence-corrected chi connectivity index (χ0v) is 15.0. The van der Waals surface area contributed by atoms with Crippen LogP contribution < -0.4 is 0 Å². The molecule has 2 aliphatic heterocycles. The van der Waals surface area contributed by atoms with Gasteiger partial charge in [0, 0.05) is 51.4 Å². The Hall–Kier alpha value is -2.78. The largest absolute Gasteiger partial charge is 0.343 e. The number of carbonyl (C=O) groups excluding carboxylic acids is 2. The van der Waals surface area contributed by atoms with E-state index in [9.17, 15) is 9.59 Å². The lowest BCUT2D eigenvalue weighted by atomic mass is 9.98. The van der Waals surface area contributed by atoms with Crippen molar-refractivity contribution in [3.05, 3.63) is 22.8 Å². The maximum atomic E-state index is 13.2. The van der Waals surface area contributed by atoms with E-state index in [-0.39, 0.29) is 17.7 Å². The van der Waals surface area contributed by atoms with Crippen LogP contribution in [0.25, 0.3) is 0 Å². The molecule has 2 aromatic rings. The van der Waals surface area contributed by atoms with Gasteiger partial charge in [0.05, 0.1) is 5.92 Å². The molecule has 10 nitrogen and oxygen atoms in total. The Morgan fingerprint density at radius 2 is 2.08 bits per heavy atom. The van der Waals surface area contributed by atoms with Crippen molar-refractivity contribution >= 4 is 11.8 Å². The van der Waals surface area contributed by atoms with Crippen LogP contribution >= 0.6 is 0 Å². The van der Waals surface area contributed by atoms with E-state index in [1.807, 2.05) is 0 Å². The number of rotatable bonds is 2. The van der Waals surface area contributed by atoms with Crippen LogP contribution in [0.5, 0.6) is 0 Å². The molecular formula is C16H22N8O2. The van der Waals surface area contributed by atoms with Crippen LogP contribution in [0.15, 0.2) is 0 Å². The molecule has 0 aromatic carbocycles. The molecule has 10 heteroatoms. The average Bonchev–Trinajstić information content (AvgIpc) is 3.22. The number of H-pyrrole nitrogens is 1. The Morgan fingerprint density at radius 1 is 1.23 bits per heavy atom. The van der Waals surface area contributed by atoms with Crippen molar-refractivity contribution in [3.8, 4) is 0 Å². The van der Waals surface area contributed by atoms with Gasteiger partial charge in [-0.05, 0) is 23.3 Å². The summed E-state index contributed by atoms with van der Waals surface area (Å²) in [5.41, 5.74) is 2.15. The predicted molar refractivity (Wildman–Crippen MR) is 90.1 cm³/mol. The molecule has 138 valence electrons. The van der Waals surface area contributed by atoms with Gasteiger partial charge in [-0.3, -0.25) is 14.7 Å². The molecule has 1 N–H and O–H groups in total. The molecule has 2 aromatic heterocycles. The predicted octanol–water partition coefficient (Wildman–Crippen LogP) is -0.0496. The second-order valence-corrected chi connectivity index (χ2v) is 7.05. The number of aromatic amines is 1. The van der Waals surface area contributed by atoms with Crippen LogP contribution in [0, 0.1) is 0 Å². The van der Waals surface area contributed by atoms with E-state index in [4.69, 9.17) is 0 Å². The van der Waals surface area contributed by atoms with Gasteiger partial charge in [0.15, 0.2) is 11.5 Å². The molecule has 2 amide bonds. The minimum absolute atomic E-state index is 0.0260. The molecule has 26 heavy (non-hydrogen) atoms. The van der Waals surface area contributed by atoms with Gasteiger partial charge < -0.3 is 9.80 Å². The van der Waals surface area contributed by atoms with Crippen LogP contribution in [-0.4, -0.2) is 72.7 Å². The van der Waals surface area contributed by atoms with Gasteiger partial charge in [-0.1, -0.05) is 6.42 Å². The summed E-state index contributed by atoms with van der Waals surface area (Å²) in [5, 5.41) is 19.0. The standard InChI is InChI=1S/C16H22N8O2/c1-22(2)16(26)13-11-9-23(8-6-12(11)17-18-13)15(25)10-5-3-4-7-24-14(10)19-20-21-24/h10H,3-9H2,1-2H3,(H,17,18)/t10-/m1/s1. The number of aryl methyl sites for hydroxylation is 1. The number of carbonyl (C=O) groups is 2. The molecule has 0 spiro atoms. The van der Waals surface area contributed by atoms with Gasteiger partial charge in [0.25, 0.3) is 5.91 Å². The smallest absolute Gasteiger partial charge is 0.274 e. The van der Waals surface area contributed by atoms with Crippen LogP contribution in [0.1, 0.15) is 52.8 Å². The van der Waals surface area contributed by atoms with Crippen LogP contribution in [0.4, 0.5) is 0 Å². The lowest BCUT2D eigenvalue weighted by molar-refractivity contribution is -0.134. The number of tetrazole rings is 1. The van der Waals surface area contributed by atoms with Gasteiger partial charge in [-0.15, -0.1) is 5.10 Å². The Balaban J connectivity index is 1.59. The van der Waals surface area contributed by atoms with E-state index in [2.05, 4.69) is 25.7 Å². The molecular weight excluding hydrogens is 336 g/mol. The van der Waals surface area contributed by atoms with E-state index < -0.39 is 0 Å². The second-order valence-electron chi connectivity index (χ2n) is 7.05. The topological polar surface area (TPSA) is 113 Å². The third-order valence-corrected chi connectivity index (χ3v) is 5.14. The fraction of sp³-hybridized carbons (Fsp3) is 0.625. The van der Waals surface area contributed by atoms with Gasteiger partial charge in [0.1, 0.15) is 0 Å². The Labute approximate surface area is 150 Å². The monoisotopic (exact) mass is 358 g/mol. The van der Waals surface area contributed by atoms with E-state index >= 15 is 0 Å². The summed E-state index contributed by atoms with van der Waals surface area (Å²) >= 11 is 0. The number of nitrogens with one attached hydrogen (secondary N) is 1. The molecule has 0 bridgehead atoms. The molecule has 0 saturated carbocycles. The first-order valence-corrected chi connectivity index (χ1v) is 8.89. The molecule has 0 radical (unpaired) electrons. The number of nitrogens with zero attached hydrogens (tertiary/aromatic N) is 7. The Bertz CT molecular complexity index is 839. The Morgan fingerprint density at radius 3 is 2.88 bits per heavy atom. The molecule has 1 atom stereocenters. The van der Waals surface area contributed by atoms with Gasteiger partial charge in [-0.2, -0.15) is 5.10 Å². The summed E-state index contributed by atoms with van der Waals surface area (Å²) in [6, 6.07) is 0. The van der Waals surface area contributed by atoms with Crippen LogP contribution in [0.3, 0.4) is 0 Å². The summed E-state index contributed by atoms with van der Waals surface area (Å²) < 4.78 is 1.74. The highest BCUT2D eigenvalue weighted by Crippen LogP contribution is 2.29. The lowest BCUT2D eigenvalue weighted by Crippen LogP contribution is -2.40. The summed E-state index contributed by atoms with van der Waals surface area (Å²) in [4.78, 5) is 28.8. The zero-order chi connectivity index (χ0) is 18.3. The van der Waals surface area contributed by atoms with Crippen LogP contribution in [-0.2, 0) is 24.3 Å². The van der Waals surface area contributed by atoms with Gasteiger partial charge in [0.2, 0.25) is 5.91 Å². The highest BCUT2D eigenvalue weighted by atomic mass is 16.2. The third kappa shape index (κ3) is 2.74. The van der Waals surface area contributed by atoms with Crippen molar-refractivity contribution in [2.75, 3.05) is 20.6 Å². The second kappa shape index (κ2) is 6.50. The third-order valence-electron chi connectivity index (χ3n) is 5.14. The summed E-state index contributed by atoms with van der Waals surface area (Å²) in [7, 11) is 3.39. The SMILES string of the molecule is CN(C)C(=O)c1n[nH]c2c1CN(C(=O)[C@@H]1CCCCn3nnnc31)CC2. The first kappa shape index (κ1) is 16.7. The maximum Gasteiger partial charge on any atom is 0.274 e. The fourth-order valence-corrected chi connectivity index (χ4v) is 3.69. The fourth-order valence-electron chi connectivity index (χ4n) is 3.69. The highest BCUT2D eigenvalue weighted by molar-refractivity contribution is 5.94. The molecule has 4 heterocycles. The van der Waals surface area contributed by atoms with Crippen molar-refractivity contribution in [2.45, 2.75) is 44.7 Å². The molecule has 0 aliphatic carbocycles. The number of aromatic nitrogens is 6. The Kier molecular flexibility index (Phi) is 4.17. The zero-order valence-electron chi connectivity index (χ0n) is 15.0. The van der Waals surface area contributed by atoms with Crippen molar-refractivity contribution in [3.63, 3.8) is 0 Å². The van der Waals surface area contributed by atoms with Crippen molar-refractivity contribution in [1.82, 2.24) is 40.2 Å². The van der Waals surface area contributed by atoms with E-state index in [1.54, 1.807) is 23.7 Å². The minimum atomic E-state index is -0.325. The molecule has 0 unspecified atom stereocenters. The first-order valence-electron chi connectivity index (χ1n) is 8.89. The summed E-state index contributed by atoms with van der Waals surface area (Å²) in [5.74, 6) is 0.192. The van der Waals surface area contributed by atoms with E-state index in [1.165, 1.54) is 4.90 Å². The maximum absolute atomic E-state index is 13.2. The summed E-state index contributed by atoms with van der Waals surface area (Å²) in [6.45, 7) is 1.73. The number of fused-ring (bicyclic) bond motifs is 2. The van der Waals surface area contributed by atoms with Crippen LogP contribution in [0.2, 0.25) is 0 Å². The molecule has 0 saturated heterocycles.